The summed E-state index contributed by atoms with van der Waals surface area (Å²) in [6.45, 7) is 0.287. The summed E-state index contributed by atoms with van der Waals surface area (Å²) < 4.78 is 0. The standard InChI is InChI=1S/C15H24N4O2S.ClH/c1-18(2)15(21)11-3-5-12(6-4-11)17-8-14(20)19-10-22-9-13(19)7-16;/h11-13,17H,3-6,8-10H2,1-2H3;1H/t11?,12?,13-;/m1./s1. The van der Waals surface area contributed by atoms with Crippen molar-refractivity contribution in [3.05, 3.63) is 0 Å². The molecular formula is C15H25ClN4O2S. The van der Waals surface area contributed by atoms with Gasteiger partial charge in [0.1, 0.15) is 6.04 Å². The van der Waals surface area contributed by atoms with Gasteiger partial charge in [0.2, 0.25) is 11.8 Å². The van der Waals surface area contributed by atoms with E-state index in [-0.39, 0.29) is 42.7 Å². The predicted octanol–water partition coefficient (Wildman–Crippen LogP) is 1.07. The highest BCUT2D eigenvalue weighted by Gasteiger charge is 2.30. The average Bonchev–Trinajstić information content (AvgIpc) is 3.01. The third-order valence-corrected chi connectivity index (χ3v) is 5.42. The Labute approximate surface area is 148 Å². The first kappa shape index (κ1) is 20.1. The van der Waals surface area contributed by atoms with Crippen LogP contribution in [0, 0.1) is 17.2 Å². The molecule has 2 rings (SSSR count). The van der Waals surface area contributed by atoms with Crippen LogP contribution < -0.4 is 5.32 Å². The van der Waals surface area contributed by atoms with Gasteiger partial charge in [0, 0.05) is 31.8 Å². The highest BCUT2D eigenvalue weighted by atomic mass is 35.5. The van der Waals surface area contributed by atoms with E-state index in [1.54, 1.807) is 35.7 Å². The molecule has 1 saturated heterocycles. The molecule has 8 heteroatoms. The van der Waals surface area contributed by atoms with Crippen LogP contribution in [0.1, 0.15) is 25.7 Å². The third-order valence-electron chi connectivity index (χ3n) is 4.41. The van der Waals surface area contributed by atoms with E-state index in [1.165, 1.54) is 0 Å². The molecule has 6 nitrogen and oxygen atoms in total. The van der Waals surface area contributed by atoms with E-state index >= 15 is 0 Å². The van der Waals surface area contributed by atoms with Crippen molar-refractivity contribution in [2.75, 3.05) is 32.3 Å². The molecule has 1 saturated carbocycles. The van der Waals surface area contributed by atoms with Crippen LogP contribution in [0.3, 0.4) is 0 Å². The lowest BCUT2D eigenvalue weighted by atomic mass is 9.85. The number of hydrogen-bond donors (Lipinski definition) is 1. The molecule has 0 aromatic heterocycles. The normalized spacial score (nSPS) is 27.0. The molecule has 0 bridgehead atoms. The number of hydrogen-bond acceptors (Lipinski definition) is 5. The van der Waals surface area contributed by atoms with E-state index in [1.807, 2.05) is 0 Å². The fourth-order valence-electron chi connectivity index (χ4n) is 3.04. The third kappa shape index (κ3) is 5.27. The molecule has 0 radical (unpaired) electrons. The summed E-state index contributed by atoms with van der Waals surface area (Å²) in [5.74, 6) is 1.66. The second-order valence-corrected chi connectivity index (χ2v) is 7.17. The quantitative estimate of drug-likeness (QED) is 0.811. The Morgan fingerprint density at radius 3 is 2.52 bits per heavy atom. The molecule has 0 aromatic carbocycles. The number of nitrogens with zero attached hydrogens (tertiary/aromatic N) is 3. The topological polar surface area (TPSA) is 76.4 Å². The molecule has 130 valence electrons. The van der Waals surface area contributed by atoms with Crippen molar-refractivity contribution in [1.82, 2.24) is 15.1 Å². The lowest BCUT2D eigenvalue weighted by molar-refractivity contribution is -0.134. The highest BCUT2D eigenvalue weighted by molar-refractivity contribution is 7.99. The lowest BCUT2D eigenvalue weighted by Crippen LogP contribution is -2.45. The van der Waals surface area contributed by atoms with Crippen LogP contribution in [0.15, 0.2) is 0 Å². The van der Waals surface area contributed by atoms with Crippen LogP contribution in [-0.4, -0.2) is 66.0 Å². The molecule has 1 atom stereocenters. The number of nitriles is 1. The maximum Gasteiger partial charge on any atom is 0.238 e. The Bertz CT molecular complexity index is 461. The van der Waals surface area contributed by atoms with Crippen molar-refractivity contribution in [2.24, 2.45) is 5.92 Å². The van der Waals surface area contributed by atoms with Gasteiger partial charge in [-0.25, -0.2) is 0 Å². The summed E-state index contributed by atoms with van der Waals surface area (Å²) in [7, 11) is 3.59. The van der Waals surface area contributed by atoms with Crippen molar-refractivity contribution in [1.29, 1.82) is 5.26 Å². The van der Waals surface area contributed by atoms with Crippen molar-refractivity contribution in [2.45, 2.75) is 37.8 Å². The van der Waals surface area contributed by atoms with E-state index in [4.69, 9.17) is 5.26 Å². The number of amides is 2. The minimum Gasteiger partial charge on any atom is -0.349 e. The number of carbonyl (C=O) groups is 2. The first-order chi connectivity index (χ1) is 10.5. The zero-order valence-electron chi connectivity index (χ0n) is 13.7. The fraction of sp³-hybridized carbons (Fsp3) is 0.800. The maximum atomic E-state index is 12.2. The lowest BCUT2D eigenvalue weighted by Gasteiger charge is -2.30. The maximum absolute atomic E-state index is 12.2. The Hall–Kier alpha value is -0.970. The molecule has 1 N–H and O–H groups in total. The van der Waals surface area contributed by atoms with E-state index < -0.39 is 0 Å². The zero-order chi connectivity index (χ0) is 16.1. The molecule has 0 unspecified atom stereocenters. The van der Waals surface area contributed by atoms with Crippen LogP contribution in [0.25, 0.3) is 0 Å². The fourth-order valence-corrected chi connectivity index (χ4v) is 4.14. The molecule has 2 amide bonds. The second kappa shape index (κ2) is 9.36. The van der Waals surface area contributed by atoms with Gasteiger partial charge in [-0.2, -0.15) is 5.26 Å². The van der Waals surface area contributed by atoms with Gasteiger partial charge >= 0.3 is 0 Å². The molecule has 23 heavy (non-hydrogen) atoms. The van der Waals surface area contributed by atoms with Crippen molar-refractivity contribution in [3.63, 3.8) is 0 Å². The monoisotopic (exact) mass is 360 g/mol. The number of rotatable bonds is 4. The van der Waals surface area contributed by atoms with Crippen molar-refractivity contribution in [3.8, 4) is 6.07 Å². The molecular weight excluding hydrogens is 336 g/mol. The molecule has 0 aromatic rings. The number of thioether (sulfide) groups is 1. The summed E-state index contributed by atoms with van der Waals surface area (Å²) in [6.07, 6.45) is 3.61. The largest absolute Gasteiger partial charge is 0.349 e. The Balaban J connectivity index is 0.00000264. The van der Waals surface area contributed by atoms with Crippen molar-refractivity contribution >= 4 is 36.0 Å². The van der Waals surface area contributed by atoms with Crippen LogP contribution in [0.2, 0.25) is 0 Å². The van der Waals surface area contributed by atoms with Crippen LogP contribution in [0.5, 0.6) is 0 Å². The number of carbonyl (C=O) groups excluding carboxylic acids is 2. The van der Waals surface area contributed by atoms with E-state index in [0.29, 0.717) is 17.7 Å². The molecule has 1 aliphatic carbocycles. The summed E-state index contributed by atoms with van der Waals surface area (Å²) >= 11 is 1.62. The highest BCUT2D eigenvalue weighted by Crippen LogP contribution is 2.25. The van der Waals surface area contributed by atoms with Crippen LogP contribution in [0.4, 0.5) is 0 Å². The van der Waals surface area contributed by atoms with Gasteiger partial charge in [-0.15, -0.1) is 24.2 Å². The van der Waals surface area contributed by atoms with Gasteiger partial charge in [0.25, 0.3) is 0 Å². The summed E-state index contributed by atoms with van der Waals surface area (Å²) in [5, 5.41) is 12.3. The zero-order valence-corrected chi connectivity index (χ0v) is 15.3. The Kier molecular flexibility index (Phi) is 8.17. The molecule has 1 aliphatic heterocycles. The van der Waals surface area contributed by atoms with Gasteiger partial charge in [-0.05, 0) is 25.7 Å². The van der Waals surface area contributed by atoms with Gasteiger partial charge in [0.05, 0.1) is 18.5 Å². The average molecular weight is 361 g/mol. The minimum atomic E-state index is -0.284. The van der Waals surface area contributed by atoms with Gasteiger partial charge < -0.3 is 15.1 Å². The minimum absolute atomic E-state index is 0. The summed E-state index contributed by atoms with van der Waals surface area (Å²) in [4.78, 5) is 27.4. The second-order valence-electron chi connectivity index (χ2n) is 6.17. The molecule has 1 heterocycles. The van der Waals surface area contributed by atoms with Crippen LogP contribution >= 0.6 is 24.2 Å². The Morgan fingerprint density at radius 1 is 1.30 bits per heavy atom. The number of halogens is 1. The van der Waals surface area contributed by atoms with Gasteiger partial charge in [0.15, 0.2) is 0 Å². The summed E-state index contributed by atoms with van der Waals surface area (Å²) in [6, 6.07) is 2.19. The molecule has 2 aliphatic rings. The van der Waals surface area contributed by atoms with E-state index in [2.05, 4.69) is 11.4 Å². The Morgan fingerprint density at radius 2 is 1.96 bits per heavy atom. The number of nitrogens with one attached hydrogen (secondary N) is 1. The van der Waals surface area contributed by atoms with Gasteiger partial charge in [-0.3, -0.25) is 9.59 Å². The van der Waals surface area contributed by atoms with E-state index in [9.17, 15) is 9.59 Å². The molecule has 0 spiro atoms. The van der Waals surface area contributed by atoms with Gasteiger partial charge in [-0.1, -0.05) is 0 Å². The molecule has 2 fully saturated rings. The SMILES string of the molecule is CN(C)C(=O)C1CCC(NCC(=O)N2CSC[C@H]2C#N)CC1.Cl. The smallest absolute Gasteiger partial charge is 0.238 e. The van der Waals surface area contributed by atoms with Crippen molar-refractivity contribution < 1.29 is 9.59 Å². The van der Waals surface area contributed by atoms with E-state index in [0.717, 1.165) is 25.7 Å². The predicted molar refractivity (Wildman–Crippen MR) is 93.3 cm³/mol. The van der Waals surface area contributed by atoms with Crippen LogP contribution in [-0.2, 0) is 9.59 Å². The summed E-state index contributed by atoms with van der Waals surface area (Å²) in [5.41, 5.74) is 0. The first-order valence-corrected chi connectivity index (χ1v) is 8.89. The first-order valence-electron chi connectivity index (χ1n) is 7.74.